The monoisotopic (exact) mass is 574 g/mol. The number of carbonyl (C=O) groups excluding carboxylic acids is 1. The van der Waals surface area contributed by atoms with Crippen molar-refractivity contribution in [3.05, 3.63) is 59.2 Å². The highest BCUT2D eigenvalue weighted by atomic mass is 32.1. The number of fused-ring (bicyclic) bond motifs is 1. The number of ether oxygens (including phenoxy) is 2. The molecule has 3 aromatic heterocycles. The van der Waals surface area contributed by atoms with Crippen molar-refractivity contribution < 1.29 is 14.3 Å². The van der Waals surface area contributed by atoms with Crippen LogP contribution < -0.4 is 4.74 Å². The van der Waals surface area contributed by atoms with Crippen LogP contribution in [0.1, 0.15) is 70.1 Å². The summed E-state index contributed by atoms with van der Waals surface area (Å²) < 4.78 is 17.7. The van der Waals surface area contributed by atoms with Crippen molar-refractivity contribution in [2.75, 3.05) is 19.7 Å². The smallest absolute Gasteiger partial charge is 0.410 e. The molecule has 2 fully saturated rings. The number of hydrogen-bond donors (Lipinski definition) is 0. The summed E-state index contributed by atoms with van der Waals surface area (Å²) in [6.07, 6.45) is 8.78. The Morgan fingerprint density at radius 1 is 1.12 bits per heavy atom. The molecule has 1 aromatic carbocycles. The van der Waals surface area contributed by atoms with Gasteiger partial charge in [-0.25, -0.2) is 9.78 Å². The zero-order chi connectivity index (χ0) is 28.6. The van der Waals surface area contributed by atoms with Crippen molar-refractivity contribution in [3.8, 4) is 17.3 Å². The van der Waals surface area contributed by atoms with E-state index in [9.17, 15) is 4.79 Å². The van der Waals surface area contributed by atoms with Crippen LogP contribution in [0.15, 0.2) is 48.0 Å². The highest BCUT2D eigenvalue weighted by molar-refractivity contribution is 7.17. The van der Waals surface area contributed by atoms with Crippen molar-refractivity contribution >= 4 is 27.6 Å². The number of aromatic nitrogens is 3. The molecule has 1 atom stereocenters. The normalized spacial score (nSPS) is 17.8. The van der Waals surface area contributed by atoms with Gasteiger partial charge in [0.25, 0.3) is 0 Å². The Hall–Kier alpha value is -3.26. The maximum atomic E-state index is 12.3. The van der Waals surface area contributed by atoms with E-state index < -0.39 is 5.60 Å². The molecule has 0 spiro atoms. The van der Waals surface area contributed by atoms with Crippen LogP contribution in [-0.4, -0.2) is 50.4 Å². The number of rotatable bonds is 9. The van der Waals surface area contributed by atoms with E-state index in [1.165, 1.54) is 46.4 Å². The standard InChI is InChI=1S/C33H42N4O3S/c1-33(2,3)40-32(38)36-17-14-24(21-36)22-39-26-12-10-23(11-13-26)7-6-16-37-29(25-8-5-9-25)20-34-31(37)28-19-30-27(35(28)4)15-18-41-30/h10-13,15,18-20,24-25H,5-9,14,16-17,21-22H2,1-4H3. The second-order valence-corrected chi connectivity index (χ2v) is 13.6. The molecule has 2 aliphatic rings. The lowest BCUT2D eigenvalue weighted by Crippen LogP contribution is -2.35. The van der Waals surface area contributed by atoms with Gasteiger partial charge in [-0.1, -0.05) is 18.6 Å². The van der Waals surface area contributed by atoms with E-state index in [0.29, 0.717) is 25.0 Å². The van der Waals surface area contributed by atoms with Gasteiger partial charge in [0.15, 0.2) is 5.82 Å². The lowest BCUT2D eigenvalue weighted by molar-refractivity contribution is 0.0285. The van der Waals surface area contributed by atoms with Gasteiger partial charge in [-0.05, 0) is 88.1 Å². The quantitative estimate of drug-likeness (QED) is 0.206. The van der Waals surface area contributed by atoms with Gasteiger partial charge in [-0.15, -0.1) is 11.3 Å². The van der Waals surface area contributed by atoms with E-state index in [0.717, 1.165) is 43.9 Å². The third-order valence-electron chi connectivity index (χ3n) is 8.50. The fourth-order valence-corrected chi connectivity index (χ4v) is 6.84. The summed E-state index contributed by atoms with van der Waals surface area (Å²) in [6, 6.07) is 13.0. The molecule has 218 valence electrons. The molecule has 1 unspecified atom stereocenters. The second kappa shape index (κ2) is 11.6. The maximum Gasteiger partial charge on any atom is 0.410 e. The van der Waals surface area contributed by atoms with Crippen LogP contribution in [0.25, 0.3) is 21.7 Å². The number of hydrogen-bond acceptors (Lipinski definition) is 5. The fourth-order valence-electron chi connectivity index (χ4n) is 5.99. The Morgan fingerprint density at radius 3 is 2.63 bits per heavy atom. The van der Waals surface area contributed by atoms with Crippen LogP contribution in [0.2, 0.25) is 0 Å². The molecule has 1 saturated heterocycles. The number of imidazole rings is 1. The predicted octanol–water partition coefficient (Wildman–Crippen LogP) is 7.64. The summed E-state index contributed by atoms with van der Waals surface area (Å²) in [5.74, 6) is 2.96. The summed E-state index contributed by atoms with van der Waals surface area (Å²) in [5.41, 5.74) is 4.74. The first kappa shape index (κ1) is 27.9. The number of likely N-dealkylation sites (tertiary alicyclic amines) is 1. The van der Waals surface area contributed by atoms with Gasteiger partial charge in [-0.3, -0.25) is 0 Å². The molecule has 1 amide bonds. The molecule has 6 rings (SSSR count). The van der Waals surface area contributed by atoms with Crippen molar-refractivity contribution in [1.82, 2.24) is 19.0 Å². The molecule has 4 aromatic rings. The Labute approximate surface area is 247 Å². The number of benzene rings is 1. The van der Waals surface area contributed by atoms with E-state index in [4.69, 9.17) is 14.5 Å². The fraction of sp³-hybridized carbons (Fsp3) is 0.515. The van der Waals surface area contributed by atoms with E-state index in [-0.39, 0.29) is 6.09 Å². The molecule has 1 aliphatic carbocycles. The van der Waals surface area contributed by atoms with E-state index in [2.05, 4.69) is 64.2 Å². The first-order chi connectivity index (χ1) is 19.7. The highest BCUT2D eigenvalue weighted by Crippen LogP contribution is 2.39. The molecule has 41 heavy (non-hydrogen) atoms. The summed E-state index contributed by atoms with van der Waals surface area (Å²) in [4.78, 5) is 19.1. The van der Waals surface area contributed by atoms with Crippen molar-refractivity contribution in [2.45, 2.75) is 77.4 Å². The van der Waals surface area contributed by atoms with Crippen LogP contribution in [0, 0.1) is 5.92 Å². The van der Waals surface area contributed by atoms with Crippen LogP contribution in [-0.2, 0) is 24.8 Å². The van der Waals surface area contributed by atoms with Crippen LogP contribution in [0.4, 0.5) is 4.79 Å². The molecule has 1 saturated carbocycles. The molecular weight excluding hydrogens is 532 g/mol. The largest absolute Gasteiger partial charge is 0.493 e. The van der Waals surface area contributed by atoms with Gasteiger partial charge in [0.2, 0.25) is 0 Å². The lowest BCUT2D eigenvalue weighted by Gasteiger charge is -2.27. The van der Waals surface area contributed by atoms with E-state index in [1.54, 1.807) is 16.2 Å². The number of aryl methyl sites for hydroxylation is 2. The van der Waals surface area contributed by atoms with Gasteiger partial charge in [0.05, 0.1) is 22.5 Å². The number of amides is 1. The zero-order valence-electron chi connectivity index (χ0n) is 24.8. The van der Waals surface area contributed by atoms with Gasteiger partial charge in [0, 0.05) is 50.4 Å². The third kappa shape index (κ3) is 6.17. The number of nitrogens with zero attached hydrogens (tertiary/aromatic N) is 4. The zero-order valence-corrected chi connectivity index (χ0v) is 25.6. The van der Waals surface area contributed by atoms with Crippen LogP contribution >= 0.6 is 11.3 Å². The minimum atomic E-state index is -0.466. The first-order valence-corrected chi connectivity index (χ1v) is 15.9. The van der Waals surface area contributed by atoms with Crippen molar-refractivity contribution in [3.63, 3.8) is 0 Å². The molecule has 1 aliphatic heterocycles. The molecule has 8 heteroatoms. The molecule has 7 nitrogen and oxygen atoms in total. The predicted molar refractivity (Wildman–Crippen MR) is 165 cm³/mol. The lowest BCUT2D eigenvalue weighted by atomic mass is 9.83. The van der Waals surface area contributed by atoms with Crippen LogP contribution in [0.3, 0.4) is 0 Å². The summed E-state index contributed by atoms with van der Waals surface area (Å²) in [7, 11) is 2.15. The average molecular weight is 575 g/mol. The summed E-state index contributed by atoms with van der Waals surface area (Å²) in [5, 5.41) is 2.16. The molecular formula is C33H42N4O3S. The number of carbonyl (C=O) groups is 1. The third-order valence-corrected chi connectivity index (χ3v) is 9.35. The minimum Gasteiger partial charge on any atom is -0.493 e. The number of thiophene rings is 1. The van der Waals surface area contributed by atoms with E-state index >= 15 is 0 Å². The van der Waals surface area contributed by atoms with Crippen molar-refractivity contribution in [1.29, 1.82) is 0 Å². The Morgan fingerprint density at radius 2 is 1.93 bits per heavy atom. The SMILES string of the molecule is Cn1c(-c2ncc(C3CCC3)n2CCCc2ccc(OCC3CCN(C(=O)OC(C)(C)C)C3)cc2)cc2sccc21. The Kier molecular flexibility index (Phi) is 7.86. The second-order valence-electron chi connectivity index (χ2n) is 12.7. The summed E-state index contributed by atoms with van der Waals surface area (Å²) >= 11 is 1.79. The molecule has 4 heterocycles. The van der Waals surface area contributed by atoms with Crippen molar-refractivity contribution in [2.24, 2.45) is 13.0 Å². The molecule has 0 radical (unpaired) electrons. The Balaban J connectivity index is 1.03. The van der Waals surface area contributed by atoms with Gasteiger partial charge < -0.3 is 23.5 Å². The van der Waals surface area contributed by atoms with E-state index in [1.807, 2.05) is 20.8 Å². The van der Waals surface area contributed by atoms with Crippen LogP contribution in [0.5, 0.6) is 5.75 Å². The molecule has 0 bridgehead atoms. The van der Waals surface area contributed by atoms with Gasteiger partial charge in [-0.2, -0.15) is 0 Å². The average Bonchev–Trinajstić information content (AvgIpc) is 3.68. The maximum absolute atomic E-state index is 12.3. The minimum absolute atomic E-state index is 0.226. The summed E-state index contributed by atoms with van der Waals surface area (Å²) in [6.45, 7) is 8.70. The first-order valence-electron chi connectivity index (χ1n) is 15.0. The molecule has 0 N–H and O–H groups in total. The topological polar surface area (TPSA) is 61.5 Å². The van der Waals surface area contributed by atoms with Gasteiger partial charge >= 0.3 is 6.09 Å². The highest BCUT2D eigenvalue weighted by Gasteiger charge is 2.30. The van der Waals surface area contributed by atoms with Gasteiger partial charge in [0.1, 0.15) is 11.4 Å². The Bertz CT molecular complexity index is 1490.